The van der Waals surface area contributed by atoms with Gasteiger partial charge in [-0.15, -0.1) is 0 Å². The fraction of sp³-hybridized carbons (Fsp3) is 0.381. The number of nitrogens with two attached hydrogens (primary N) is 1. The number of pyridine rings is 1. The molecule has 0 unspecified atom stereocenters. The van der Waals surface area contributed by atoms with Crippen LogP contribution in [0, 0.1) is 11.8 Å². The van der Waals surface area contributed by atoms with Crippen LogP contribution < -0.4 is 10.6 Å². The second-order valence-corrected chi connectivity index (χ2v) is 7.69. The van der Waals surface area contributed by atoms with Crippen molar-refractivity contribution in [3.8, 4) is 11.3 Å². The summed E-state index contributed by atoms with van der Waals surface area (Å²) in [6.07, 6.45) is 10.6. The highest BCUT2D eigenvalue weighted by molar-refractivity contribution is 5.65. The summed E-state index contributed by atoms with van der Waals surface area (Å²) in [5, 5.41) is 0. The largest absolute Gasteiger partial charge is 0.368 e. The summed E-state index contributed by atoms with van der Waals surface area (Å²) >= 11 is 0. The maximum atomic E-state index is 5.84. The molecule has 3 aromatic heterocycles. The molecule has 1 fully saturated rings. The van der Waals surface area contributed by atoms with Crippen molar-refractivity contribution in [2.75, 3.05) is 17.2 Å². The fourth-order valence-corrected chi connectivity index (χ4v) is 3.22. The fourth-order valence-electron chi connectivity index (χ4n) is 3.22. The highest BCUT2D eigenvalue weighted by Crippen LogP contribution is 2.35. The lowest BCUT2D eigenvalue weighted by Crippen LogP contribution is -2.24. The Kier molecular flexibility index (Phi) is 5.14. The Hall–Kier alpha value is -3.09. The van der Waals surface area contributed by atoms with E-state index in [4.69, 9.17) is 10.7 Å². The van der Waals surface area contributed by atoms with Crippen LogP contribution in [-0.2, 0) is 6.42 Å². The molecule has 7 nitrogen and oxygen atoms in total. The van der Waals surface area contributed by atoms with Crippen molar-refractivity contribution in [1.29, 1.82) is 0 Å². The molecule has 1 aliphatic carbocycles. The van der Waals surface area contributed by atoms with Crippen LogP contribution in [0.25, 0.3) is 11.3 Å². The molecule has 1 saturated carbocycles. The maximum Gasteiger partial charge on any atom is 0.230 e. The summed E-state index contributed by atoms with van der Waals surface area (Å²) in [5.41, 5.74) is 9.59. The van der Waals surface area contributed by atoms with Gasteiger partial charge < -0.3 is 10.6 Å². The molecule has 4 rings (SSSR count). The van der Waals surface area contributed by atoms with E-state index in [2.05, 4.69) is 38.7 Å². The quantitative estimate of drug-likeness (QED) is 0.673. The Labute approximate surface area is 165 Å². The van der Waals surface area contributed by atoms with Gasteiger partial charge in [-0.05, 0) is 49.3 Å². The number of hydrogen-bond donors (Lipinski definition) is 1. The second kappa shape index (κ2) is 7.88. The lowest BCUT2D eigenvalue weighted by molar-refractivity contribution is 0.644. The van der Waals surface area contributed by atoms with Crippen molar-refractivity contribution in [2.24, 2.45) is 11.8 Å². The summed E-state index contributed by atoms with van der Waals surface area (Å²) < 4.78 is 0. The number of nitrogens with zero attached hydrogens (tertiary/aromatic N) is 6. The molecule has 0 saturated heterocycles. The predicted octanol–water partition coefficient (Wildman–Crippen LogP) is 3.66. The van der Waals surface area contributed by atoms with Crippen molar-refractivity contribution in [3.63, 3.8) is 0 Å². The Balaban J connectivity index is 1.72. The predicted molar refractivity (Wildman–Crippen MR) is 110 cm³/mol. The van der Waals surface area contributed by atoms with E-state index in [0.717, 1.165) is 35.6 Å². The van der Waals surface area contributed by atoms with Gasteiger partial charge in [-0.3, -0.25) is 4.98 Å². The van der Waals surface area contributed by atoms with Gasteiger partial charge in [0.2, 0.25) is 11.9 Å². The zero-order valence-corrected chi connectivity index (χ0v) is 16.3. The Morgan fingerprint density at radius 2 is 1.86 bits per heavy atom. The van der Waals surface area contributed by atoms with Gasteiger partial charge in [0.05, 0.1) is 11.4 Å². The first-order chi connectivity index (χ1) is 13.6. The van der Waals surface area contributed by atoms with Gasteiger partial charge in [-0.1, -0.05) is 13.8 Å². The maximum absolute atomic E-state index is 5.84. The minimum absolute atomic E-state index is 0.312. The third-order valence-corrected chi connectivity index (χ3v) is 4.75. The van der Waals surface area contributed by atoms with Crippen molar-refractivity contribution < 1.29 is 0 Å². The van der Waals surface area contributed by atoms with E-state index in [1.165, 1.54) is 12.8 Å². The van der Waals surface area contributed by atoms with E-state index in [9.17, 15) is 0 Å². The third kappa shape index (κ3) is 4.24. The molecule has 3 heterocycles. The highest BCUT2D eigenvalue weighted by atomic mass is 15.3. The van der Waals surface area contributed by atoms with Gasteiger partial charge in [0.1, 0.15) is 0 Å². The van der Waals surface area contributed by atoms with Crippen LogP contribution in [-0.4, -0.2) is 31.5 Å². The van der Waals surface area contributed by atoms with Gasteiger partial charge in [-0.25, -0.2) is 19.9 Å². The van der Waals surface area contributed by atoms with Gasteiger partial charge >= 0.3 is 0 Å². The van der Waals surface area contributed by atoms with Crippen molar-refractivity contribution in [1.82, 2.24) is 24.9 Å². The molecule has 3 aromatic rings. The molecule has 0 radical (unpaired) electrons. The smallest absolute Gasteiger partial charge is 0.230 e. The number of anilines is 3. The summed E-state index contributed by atoms with van der Waals surface area (Å²) in [6, 6.07) is 5.86. The number of hydrogen-bond acceptors (Lipinski definition) is 7. The summed E-state index contributed by atoms with van der Waals surface area (Å²) in [5.74, 6) is 2.12. The molecular formula is C21H25N7. The first-order valence-corrected chi connectivity index (χ1v) is 9.72. The van der Waals surface area contributed by atoms with E-state index in [1.807, 2.05) is 18.2 Å². The number of nitrogen functional groups attached to an aromatic ring is 1. The monoisotopic (exact) mass is 375 g/mol. The van der Waals surface area contributed by atoms with E-state index in [1.54, 1.807) is 24.8 Å². The van der Waals surface area contributed by atoms with Crippen molar-refractivity contribution in [2.45, 2.75) is 33.1 Å². The van der Waals surface area contributed by atoms with Gasteiger partial charge in [0, 0.05) is 42.6 Å². The van der Waals surface area contributed by atoms with E-state index in [-0.39, 0.29) is 0 Å². The minimum atomic E-state index is 0.312. The molecule has 0 aromatic carbocycles. The molecular weight excluding hydrogens is 350 g/mol. The molecule has 2 N–H and O–H groups in total. The number of rotatable bonds is 7. The Bertz CT molecular complexity index is 938. The molecule has 0 bridgehead atoms. The van der Waals surface area contributed by atoms with Crippen LogP contribution in [0.4, 0.5) is 17.6 Å². The van der Waals surface area contributed by atoms with Gasteiger partial charge in [-0.2, -0.15) is 0 Å². The zero-order valence-electron chi connectivity index (χ0n) is 16.3. The standard InChI is InChI=1S/C21H25N7/c1-14(2)13-28(16-5-8-23-9-6-16)21-24-10-7-18(27-21)17-12-25-20(22)26-19(17)11-15-3-4-15/h5-10,12,14-15H,3-4,11,13H2,1-2H3,(H2,22,25,26). The SMILES string of the molecule is CC(C)CN(c1ccncc1)c1nccc(-c2cnc(N)nc2CC2CC2)n1. The van der Waals surface area contributed by atoms with Crippen LogP contribution in [0.3, 0.4) is 0 Å². The number of aromatic nitrogens is 5. The van der Waals surface area contributed by atoms with E-state index in [0.29, 0.717) is 23.7 Å². The van der Waals surface area contributed by atoms with Crippen molar-refractivity contribution >= 4 is 17.6 Å². The molecule has 7 heteroatoms. The van der Waals surface area contributed by atoms with Crippen LogP contribution in [0.5, 0.6) is 0 Å². The molecule has 0 atom stereocenters. The van der Waals surface area contributed by atoms with Crippen molar-refractivity contribution in [3.05, 3.63) is 48.7 Å². The molecule has 144 valence electrons. The average Bonchev–Trinajstić information content (AvgIpc) is 3.51. The molecule has 0 aliphatic heterocycles. The van der Waals surface area contributed by atoms with Crippen LogP contribution in [0.15, 0.2) is 43.0 Å². The molecule has 28 heavy (non-hydrogen) atoms. The molecule has 0 spiro atoms. The molecule has 0 amide bonds. The van der Waals surface area contributed by atoms with Crippen LogP contribution >= 0.6 is 0 Å². The average molecular weight is 375 g/mol. The van der Waals surface area contributed by atoms with E-state index < -0.39 is 0 Å². The summed E-state index contributed by atoms with van der Waals surface area (Å²) in [7, 11) is 0. The Morgan fingerprint density at radius 3 is 2.57 bits per heavy atom. The topological polar surface area (TPSA) is 93.7 Å². The lowest BCUT2D eigenvalue weighted by atomic mass is 10.1. The molecule has 1 aliphatic rings. The third-order valence-electron chi connectivity index (χ3n) is 4.75. The lowest BCUT2D eigenvalue weighted by Gasteiger charge is -2.24. The minimum Gasteiger partial charge on any atom is -0.368 e. The normalized spacial score (nSPS) is 13.7. The first-order valence-electron chi connectivity index (χ1n) is 9.72. The Morgan fingerprint density at radius 1 is 1.07 bits per heavy atom. The van der Waals surface area contributed by atoms with E-state index >= 15 is 0 Å². The second-order valence-electron chi connectivity index (χ2n) is 7.69. The highest BCUT2D eigenvalue weighted by Gasteiger charge is 2.25. The van der Waals surface area contributed by atoms with Gasteiger partial charge in [0.25, 0.3) is 0 Å². The van der Waals surface area contributed by atoms with Gasteiger partial charge in [0.15, 0.2) is 0 Å². The summed E-state index contributed by atoms with van der Waals surface area (Å²) in [6.45, 7) is 5.17. The summed E-state index contributed by atoms with van der Waals surface area (Å²) in [4.78, 5) is 24.4. The first kappa shape index (κ1) is 18.3. The van der Waals surface area contributed by atoms with Crippen LogP contribution in [0.2, 0.25) is 0 Å². The van der Waals surface area contributed by atoms with Crippen LogP contribution in [0.1, 0.15) is 32.4 Å². The zero-order chi connectivity index (χ0) is 19.5.